The largest absolute Gasteiger partial charge is 0.495 e. The number of aryl methyl sites for hydroxylation is 1. The molecular weight excluding hydrogens is 385 g/mol. The highest BCUT2D eigenvalue weighted by atomic mass is 19.4. The van der Waals surface area contributed by atoms with Gasteiger partial charge in [0.25, 0.3) is 0 Å². The van der Waals surface area contributed by atoms with Crippen molar-refractivity contribution in [2.24, 2.45) is 12.0 Å². The van der Waals surface area contributed by atoms with Gasteiger partial charge in [-0.2, -0.15) is 18.3 Å². The Hall–Kier alpha value is -2.91. The van der Waals surface area contributed by atoms with Crippen LogP contribution in [-0.2, 0) is 19.8 Å². The number of alkyl halides is 3. The van der Waals surface area contributed by atoms with E-state index in [-0.39, 0.29) is 12.1 Å². The van der Waals surface area contributed by atoms with Gasteiger partial charge in [0.1, 0.15) is 5.75 Å². The first-order valence-corrected chi connectivity index (χ1v) is 9.26. The minimum Gasteiger partial charge on any atom is -0.495 e. The number of hydrogen-bond acceptors (Lipinski definition) is 4. The molecule has 7 nitrogen and oxygen atoms in total. The van der Waals surface area contributed by atoms with Gasteiger partial charge in [-0.1, -0.05) is 12.1 Å². The van der Waals surface area contributed by atoms with Crippen molar-refractivity contribution in [3.8, 4) is 5.75 Å². The zero-order valence-electron chi connectivity index (χ0n) is 16.7. The van der Waals surface area contributed by atoms with E-state index in [1.165, 1.54) is 17.9 Å². The number of ether oxygens (including phenoxy) is 1. The van der Waals surface area contributed by atoms with E-state index >= 15 is 0 Å². The van der Waals surface area contributed by atoms with Gasteiger partial charge in [-0.05, 0) is 12.1 Å². The van der Waals surface area contributed by atoms with Gasteiger partial charge in [0.15, 0.2) is 11.7 Å². The Morgan fingerprint density at radius 1 is 1.21 bits per heavy atom. The van der Waals surface area contributed by atoms with E-state index in [1.54, 1.807) is 14.2 Å². The fourth-order valence-electron chi connectivity index (χ4n) is 3.46. The average Bonchev–Trinajstić information content (AvgIpc) is 3.10. The number of hydrogen-bond donors (Lipinski definition) is 1. The highest BCUT2D eigenvalue weighted by Crippen LogP contribution is 2.31. The number of benzene rings is 1. The van der Waals surface area contributed by atoms with Gasteiger partial charge in [0.2, 0.25) is 0 Å². The maximum absolute atomic E-state index is 13.1. The summed E-state index contributed by atoms with van der Waals surface area (Å²) in [5, 5.41) is 6.58. The molecule has 1 N–H and O–H groups in total. The van der Waals surface area contributed by atoms with Gasteiger partial charge in [0, 0.05) is 58.6 Å². The Morgan fingerprint density at radius 2 is 1.90 bits per heavy atom. The number of halogens is 3. The molecular formula is C19H25F3N6O. The van der Waals surface area contributed by atoms with Crippen molar-refractivity contribution in [2.75, 3.05) is 45.2 Å². The molecule has 1 aliphatic rings. The summed E-state index contributed by atoms with van der Waals surface area (Å²) in [6.07, 6.45) is -3.11. The molecule has 0 atom stereocenters. The smallest absolute Gasteiger partial charge is 0.435 e. The zero-order chi connectivity index (χ0) is 21.0. The molecule has 3 rings (SSSR count). The van der Waals surface area contributed by atoms with E-state index in [0.717, 1.165) is 24.5 Å². The first kappa shape index (κ1) is 20.8. The normalized spacial score (nSPS) is 15.6. The van der Waals surface area contributed by atoms with Gasteiger partial charge in [-0.15, -0.1) is 0 Å². The Kier molecular flexibility index (Phi) is 6.19. The second-order valence-electron chi connectivity index (χ2n) is 6.72. The molecule has 2 heterocycles. The van der Waals surface area contributed by atoms with Crippen molar-refractivity contribution in [2.45, 2.75) is 12.7 Å². The molecule has 1 aliphatic heterocycles. The summed E-state index contributed by atoms with van der Waals surface area (Å²) in [5.41, 5.74) is 0.250. The van der Waals surface area contributed by atoms with E-state index in [2.05, 4.69) is 20.3 Å². The molecule has 1 aromatic heterocycles. The molecule has 1 saturated heterocycles. The van der Waals surface area contributed by atoms with Crippen molar-refractivity contribution < 1.29 is 17.9 Å². The predicted octanol–water partition coefficient (Wildman–Crippen LogP) is 2.35. The van der Waals surface area contributed by atoms with Crippen LogP contribution in [0.25, 0.3) is 0 Å². The summed E-state index contributed by atoms with van der Waals surface area (Å²) in [6, 6.07) is 7.84. The van der Waals surface area contributed by atoms with Crippen molar-refractivity contribution in [1.82, 2.24) is 20.0 Å². The van der Waals surface area contributed by atoms with E-state index in [9.17, 15) is 13.2 Å². The molecule has 1 aromatic carbocycles. The number of guanidine groups is 1. The van der Waals surface area contributed by atoms with E-state index in [1.807, 2.05) is 29.2 Å². The number of piperazine rings is 1. The number of methoxy groups -OCH3 is 1. The molecule has 0 radical (unpaired) electrons. The number of aromatic nitrogens is 2. The number of aliphatic imine (C=N–C) groups is 1. The number of nitrogens with zero attached hydrogens (tertiary/aromatic N) is 5. The fourth-order valence-corrected chi connectivity index (χ4v) is 3.46. The van der Waals surface area contributed by atoms with Crippen LogP contribution in [0.5, 0.6) is 5.75 Å². The van der Waals surface area contributed by atoms with E-state index < -0.39 is 11.9 Å². The monoisotopic (exact) mass is 410 g/mol. The van der Waals surface area contributed by atoms with Crippen molar-refractivity contribution in [3.63, 3.8) is 0 Å². The fraction of sp³-hybridized carbons (Fsp3) is 0.474. The van der Waals surface area contributed by atoms with Crippen LogP contribution in [0.1, 0.15) is 11.3 Å². The number of rotatable bonds is 4. The van der Waals surface area contributed by atoms with E-state index in [4.69, 9.17) is 4.74 Å². The molecule has 0 spiro atoms. The van der Waals surface area contributed by atoms with Crippen LogP contribution in [0.4, 0.5) is 18.9 Å². The second kappa shape index (κ2) is 8.62. The zero-order valence-corrected chi connectivity index (χ0v) is 16.7. The highest BCUT2D eigenvalue weighted by molar-refractivity contribution is 5.80. The molecule has 2 aromatic rings. The predicted molar refractivity (Wildman–Crippen MR) is 105 cm³/mol. The van der Waals surface area contributed by atoms with Crippen molar-refractivity contribution in [3.05, 3.63) is 41.7 Å². The van der Waals surface area contributed by atoms with Crippen LogP contribution < -0.4 is 15.0 Å². The number of para-hydroxylation sites is 2. The van der Waals surface area contributed by atoms with Crippen molar-refractivity contribution in [1.29, 1.82) is 0 Å². The van der Waals surface area contributed by atoms with Gasteiger partial charge in [0.05, 0.1) is 12.8 Å². The maximum Gasteiger partial charge on any atom is 0.435 e. The second-order valence-corrected chi connectivity index (χ2v) is 6.72. The summed E-state index contributed by atoms with van der Waals surface area (Å²) in [5.74, 6) is 1.39. The Balaban J connectivity index is 1.62. The quantitative estimate of drug-likeness (QED) is 0.620. The lowest BCUT2D eigenvalue weighted by Crippen LogP contribution is -2.52. The third kappa shape index (κ3) is 4.75. The maximum atomic E-state index is 13.1. The van der Waals surface area contributed by atoms with Gasteiger partial charge in [-0.3, -0.25) is 9.67 Å². The Morgan fingerprint density at radius 3 is 2.52 bits per heavy atom. The van der Waals surface area contributed by atoms with E-state index in [0.29, 0.717) is 19.0 Å². The number of nitrogens with one attached hydrogen (secondary N) is 1. The van der Waals surface area contributed by atoms with Gasteiger partial charge >= 0.3 is 6.18 Å². The average molecular weight is 410 g/mol. The Labute approximate surface area is 167 Å². The summed E-state index contributed by atoms with van der Waals surface area (Å²) in [6.45, 7) is 2.89. The molecule has 0 unspecified atom stereocenters. The molecule has 0 saturated carbocycles. The van der Waals surface area contributed by atoms with Crippen LogP contribution in [0.3, 0.4) is 0 Å². The topological polar surface area (TPSA) is 57.9 Å². The van der Waals surface area contributed by atoms with Crippen LogP contribution in [0, 0.1) is 0 Å². The molecule has 29 heavy (non-hydrogen) atoms. The molecule has 0 amide bonds. The summed E-state index contributed by atoms with van der Waals surface area (Å²) < 4.78 is 46.0. The lowest BCUT2D eigenvalue weighted by atomic mass is 10.2. The number of anilines is 1. The molecule has 0 aliphatic carbocycles. The third-order valence-corrected chi connectivity index (χ3v) is 4.83. The summed E-state index contributed by atoms with van der Waals surface area (Å²) >= 11 is 0. The standard InChI is InChI=1S/C19H25F3N6O/c1-23-18(24-12-14-13-26(2)25-17(14)19(20,21)22)28-10-8-27(9-11-28)15-6-4-5-7-16(15)29-3/h4-7,13H,8-12H2,1-3H3,(H,23,24). The SMILES string of the molecule is CN=C(NCc1cn(C)nc1C(F)(F)F)N1CCN(c2ccccc2OC)CC1. The van der Waals surface area contributed by atoms with Crippen LogP contribution in [0.15, 0.2) is 35.5 Å². The minimum atomic E-state index is -4.48. The highest BCUT2D eigenvalue weighted by Gasteiger charge is 2.37. The Bertz CT molecular complexity index is 856. The lowest BCUT2D eigenvalue weighted by molar-refractivity contribution is -0.142. The van der Waals surface area contributed by atoms with Crippen molar-refractivity contribution >= 4 is 11.6 Å². The summed E-state index contributed by atoms with van der Waals surface area (Å²) in [4.78, 5) is 8.50. The summed E-state index contributed by atoms with van der Waals surface area (Å²) in [7, 11) is 4.75. The minimum absolute atomic E-state index is 0.00206. The molecule has 1 fully saturated rings. The molecule has 0 bridgehead atoms. The molecule has 10 heteroatoms. The van der Waals surface area contributed by atoms with Gasteiger partial charge < -0.3 is 19.9 Å². The first-order chi connectivity index (χ1) is 13.8. The molecule has 158 valence electrons. The first-order valence-electron chi connectivity index (χ1n) is 9.26. The van der Waals surface area contributed by atoms with Crippen LogP contribution in [0.2, 0.25) is 0 Å². The van der Waals surface area contributed by atoms with Crippen LogP contribution >= 0.6 is 0 Å². The lowest BCUT2D eigenvalue weighted by Gasteiger charge is -2.38. The third-order valence-electron chi connectivity index (χ3n) is 4.83. The van der Waals surface area contributed by atoms with Crippen LogP contribution in [-0.4, -0.2) is 61.0 Å². The van der Waals surface area contributed by atoms with Gasteiger partial charge in [-0.25, -0.2) is 0 Å².